The van der Waals surface area contributed by atoms with Crippen molar-refractivity contribution in [1.29, 1.82) is 0 Å². The van der Waals surface area contributed by atoms with Crippen LogP contribution in [0.15, 0.2) is 53.4 Å². The molecule has 0 spiro atoms. The van der Waals surface area contributed by atoms with Crippen LogP contribution in [0.25, 0.3) is 0 Å². The maximum atomic E-state index is 6.12. The molecular weight excluding hydrogens is 264 g/mol. The van der Waals surface area contributed by atoms with Gasteiger partial charge in [-0.15, -0.1) is 11.8 Å². The van der Waals surface area contributed by atoms with E-state index in [1.54, 1.807) is 0 Å². The third kappa shape index (κ3) is 2.50. The van der Waals surface area contributed by atoms with Crippen molar-refractivity contribution in [1.82, 2.24) is 0 Å². The predicted octanol–water partition coefficient (Wildman–Crippen LogP) is 4.44. The molecule has 2 aromatic carbocycles. The van der Waals surface area contributed by atoms with Crippen LogP contribution in [0.4, 0.5) is 0 Å². The molecule has 0 bridgehead atoms. The molecule has 1 aliphatic heterocycles. The molecule has 1 unspecified atom stereocenters. The molecule has 0 saturated carbocycles. The third-order valence-corrected chi connectivity index (χ3v) is 4.43. The van der Waals surface area contributed by atoms with Gasteiger partial charge in [0.25, 0.3) is 0 Å². The fourth-order valence-corrected chi connectivity index (χ4v) is 3.47. The Hall–Kier alpha value is -1.12. The molecule has 92 valence electrons. The first-order valence-electron chi connectivity index (χ1n) is 5.95. The monoisotopic (exact) mass is 276 g/mol. The summed E-state index contributed by atoms with van der Waals surface area (Å²) in [6.07, 6.45) is 1.01. The van der Waals surface area contributed by atoms with Crippen LogP contribution >= 0.6 is 23.4 Å². The van der Waals surface area contributed by atoms with Crippen molar-refractivity contribution in [3.63, 3.8) is 0 Å². The van der Waals surface area contributed by atoms with Gasteiger partial charge in [-0.3, -0.25) is 0 Å². The molecule has 1 heterocycles. The van der Waals surface area contributed by atoms with Gasteiger partial charge in [0.05, 0.1) is 5.02 Å². The van der Waals surface area contributed by atoms with Crippen molar-refractivity contribution in [2.45, 2.75) is 16.6 Å². The van der Waals surface area contributed by atoms with E-state index in [-0.39, 0.29) is 0 Å². The number of ether oxygens (including phenoxy) is 1. The van der Waals surface area contributed by atoms with Crippen LogP contribution in [0, 0.1) is 0 Å². The van der Waals surface area contributed by atoms with Crippen molar-refractivity contribution in [3.05, 3.63) is 59.1 Å². The highest BCUT2D eigenvalue weighted by atomic mass is 35.5. The third-order valence-electron chi connectivity index (χ3n) is 2.96. The van der Waals surface area contributed by atoms with Gasteiger partial charge in [-0.05, 0) is 30.2 Å². The Morgan fingerprint density at radius 2 is 1.89 bits per heavy atom. The van der Waals surface area contributed by atoms with Crippen molar-refractivity contribution >= 4 is 23.4 Å². The maximum Gasteiger partial charge on any atom is 0.141 e. The average molecular weight is 277 g/mol. The van der Waals surface area contributed by atoms with Crippen LogP contribution in [0.5, 0.6) is 5.75 Å². The summed E-state index contributed by atoms with van der Waals surface area (Å²) in [4.78, 5) is 1.29. The molecule has 0 N–H and O–H groups in total. The summed E-state index contributed by atoms with van der Waals surface area (Å²) in [5.41, 5.74) is 1.21. The molecule has 0 saturated heterocycles. The van der Waals surface area contributed by atoms with E-state index in [4.69, 9.17) is 16.3 Å². The highest BCUT2D eigenvalue weighted by Gasteiger charge is 2.22. The number of benzene rings is 2. The molecule has 0 aliphatic carbocycles. The normalized spacial score (nSPS) is 17.9. The van der Waals surface area contributed by atoms with Gasteiger partial charge in [-0.1, -0.05) is 41.9 Å². The van der Waals surface area contributed by atoms with E-state index in [2.05, 4.69) is 30.3 Å². The fourth-order valence-electron chi connectivity index (χ4n) is 2.12. The van der Waals surface area contributed by atoms with Crippen molar-refractivity contribution in [2.75, 3.05) is 6.61 Å². The minimum atomic E-state index is 0.457. The molecule has 0 aromatic heterocycles. The lowest BCUT2D eigenvalue weighted by Gasteiger charge is -2.25. The molecule has 0 amide bonds. The Morgan fingerprint density at radius 3 is 2.72 bits per heavy atom. The molecule has 3 heteroatoms. The molecule has 0 radical (unpaired) electrons. The molecule has 3 rings (SSSR count). The Kier molecular flexibility index (Phi) is 3.48. The van der Waals surface area contributed by atoms with Gasteiger partial charge in [-0.2, -0.15) is 0 Å². The topological polar surface area (TPSA) is 9.23 Å². The Balaban J connectivity index is 1.76. The molecular formula is C15H13ClOS. The second-order valence-electron chi connectivity index (χ2n) is 4.30. The van der Waals surface area contributed by atoms with E-state index in [0.717, 1.165) is 23.8 Å². The van der Waals surface area contributed by atoms with Gasteiger partial charge in [0.2, 0.25) is 0 Å². The number of rotatable bonds is 2. The lowest BCUT2D eigenvalue weighted by Crippen LogP contribution is -2.23. The summed E-state index contributed by atoms with van der Waals surface area (Å²) in [7, 11) is 0. The molecule has 2 aromatic rings. The first-order valence-corrected chi connectivity index (χ1v) is 7.20. The summed E-state index contributed by atoms with van der Waals surface area (Å²) in [6, 6.07) is 16.4. The number of halogens is 1. The van der Waals surface area contributed by atoms with E-state index in [0.29, 0.717) is 5.25 Å². The zero-order chi connectivity index (χ0) is 12.4. The fraction of sp³-hybridized carbons (Fsp3) is 0.200. The predicted molar refractivity (Wildman–Crippen MR) is 76.7 cm³/mol. The molecule has 1 atom stereocenters. The zero-order valence-electron chi connectivity index (χ0n) is 9.80. The largest absolute Gasteiger partial charge is 0.491 e. The summed E-state index contributed by atoms with van der Waals surface area (Å²) in [6.45, 7) is 0.719. The quantitative estimate of drug-likeness (QED) is 0.802. The van der Waals surface area contributed by atoms with Gasteiger partial charge in [0, 0.05) is 10.1 Å². The van der Waals surface area contributed by atoms with Crippen molar-refractivity contribution in [2.24, 2.45) is 0 Å². The smallest absolute Gasteiger partial charge is 0.141 e. The Labute approximate surface area is 116 Å². The van der Waals surface area contributed by atoms with Gasteiger partial charge in [0.15, 0.2) is 0 Å². The van der Waals surface area contributed by atoms with E-state index < -0.39 is 0 Å². The summed E-state index contributed by atoms with van der Waals surface area (Å²) < 4.78 is 5.79. The van der Waals surface area contributed by atoms with E-state index >= 15 is 0 Å². The van der Waals surface area contributed by atoms with Crippen LogP contribution < -0.4 is 4.74 Å². The lowest BCUT2D eigenvalue weighted by atomic mass is 10.1. The van der Waals surface area contributed by atoms with Crippen LogP contribution in [-0.2, 0) is 6.42 Å². The average Bonchev–Trinajstić information content (AvgIpc) is 2.40. The number of hydrogen-bond donors (Lipinski definition) is 0. The Morgan fingerprint density at radius 1 is 1.06 bits per heavy atom. The van der Waals surface area contributed by atoms with E-state index in [1.807, 2.05) is 30.0 Å². The van der Waals surface area contributed by atoms with Crippen molar-refractivity contribution < 1.29 is 4.74 Å². The number of fused-ring (bicyclic) bond motifs is 1. The number of thioether (sulfide) groups is 1. The first kappa shape index (κ1) is 11.9. The Bertz CT molecular complexity index is 541. The SMILES string of the molecule is Clc1cccc2c1OCC(Sc1ccccc1)C2. The van der Waals surface area contributed by atoms with Gasteiger partial charge >= 0.3 is 0 Å². The second-order valence-corrected chi connectivity index (χ2v) is 6.08. The summed E-state index contributed by atoms with van der Waals surface area (Å²) >= 11 is 7.98. The summed E-state index contributed by atoms with van der Waals surface area (Å²) in [5.74, 6) is 0.865. The molecule has 1 nitrogen and oxygen atoms in total. The van der Waals surface area contributed by atoms with Crippen LogP contribution in [0.2, 0.25) is 5.02 Å². The molecule has 18 heavy (non-hydrogen) atoms. The second kappa shape index (κ2) is 5.25. The first-order chi connectivity index (χ1) is 8.83. The molecule has 1 aliphatic rings. The van der Waals surface area contributed by atoms with E-state index in [1.165, 1.54) is 10.5 Å². The number of para-hydroxylation sites is 1. The lowest BCUT2D eigenvalue weighted by molar-refractivity contribution is 0.294. The highest BCUT2D eigenvalue weighted by Crippen LogP contribution is 2.37. The van der Waals surface area contributed by atoms with Gasteiger partial charge in [0.1, 0.15) is 12.4 Å². The van der Waals surface area contributed by atoms with Gasteiger partial charge < -0.3 is 4.74 Å². The minimum Gasteiger partial charge on any atom is -0.491 e. The zero-order valence-corrected chi connectivity index (χ0v) is 11.4. The molecule has 0 fully saturated rings. The summed E-state index contributed by atoms with van der Waals surface area (Å²) in [5, 5.41) is 1.18. The highest BCUT2D eigenvalue weighted by molar-refractivity contribution is 8.00. The van der Waals surface area contributed by atoms with Gasteiger partial charge in [-0.25, -0.2) is 0 Å². The standard InChI is InChI=1S/C15H13ClOS/c16-14-8-4-5-11-9-13(10-17-15(11)14)18-12-6-2-1-3-7-12/h1-8,13H,9-10H2. The minimum absolute atomic E-state index is 0.457. The number of hydrogen-bond acceptors (Lipinski definition) is 2. The maximum absolute atomic E-state index is 6.12. The van der Waals surface area contributed by atoms with Crippen LogP contribution in [0.3, 0.4) is 0 Å². The van der Waals surface area contributed by atoms with Crippen LogP contribution in [0.1, 0.15) is 5.56 Å². The van der Waals surface area contributed by atoms with E-state index in [9.17, 15) is 0 Å². The van der Waals surface area contributed by atoms with Crippen molar-refractivity contribution in [3.8, 4) is 5.75 Å². The van der Waals surface area contributed by atoms with Crippen LogP contribution in [-0.4, -0.2) is 11.9 Å².